The van der Waals surface area contributed by atoms with E-state index < -0.39 is 0 Å². The van der Waals surface area contributed by atoms with Crippen LogP contribution in [0.2, 0.25) is 0 Å². The lowest BCUT2D eigenvalue weighted by Crippen LogP contribution is -2.40. The number of hydrogen-bond acceptors (Lipinski definition) is 5. The van der Waals surface area contributed by atoms with Crippen LogP contribution in [0.4, 0.5) is 0 Å². The molecule has 0 radical (unpaired) electrons. The second kappa shape index (κ2) is 6.55. The van der Waals surface area contributed by atoms with Gasteiger partial charge < -0.3 is 19.3 Å². The van der Waals surface area contributed by atoms with Crippen molar-refractivity contribution in [3.05, 3.63) is 23.8 Å². The molecule has 6 nitrogen and oxygen atoms in total. The van der Waals surface area contributed by atoms with Crippen LogP contribution in [0.1, 0.15) is 23.8 Å². The maximum absolute atomic E-state index is 12.4. The maximum Gasteiger partial charge on any atom is 0.242 e. The summed E-state index contributed by atoms with van der Waals surface area (Å²) >= 11 is 1.56. The summed E-state index contributed by atoms with van der Waals surface area (Å²) in [5.74, 6) is 1.92. The number of ether oxygens (including phenoxy) is 2. The van der Waals surface area contributed by atoms with Gasteiger partial charge in [0.05, 0.1) is 5.75 Å². The number of amides is 2. The predicted molar refractivity (Wildman–Crippen MR) is 90.2 cm³/mol. The van der Waals surface area contributed by atoms with E-state index in [0.29, 0.717) is 24.7 Å². The van der Waals surface area contributed by atoms with Crippen LogP contribution >= 0.6 is 11.8 Å². The Balaban J connectivity index is 1.52. The van der Waals surface area contributed by atoms with Gasteiger partial charge in [0.25, 0.3) is 0 Å². The molecule has 7 heteroatoms. The van der Waals surface area contributed by atoms with E-state index in [2.05, 4.69) is 0 Å². The van der Waals surface area contributed by atoms with E-state index >= 15 is 0 Å². The third-order valence-corrected chi connectivity index (χ3v) is 5.84. The Morgan fingerprint density at radius 2 is 1.92 bits per heavy atom. The average molecular weight is 348 g/mol. The van der Waals surface area contributed by atoms with Gasteiger partial charge in [0.15, 0.2) is 11.5 Å². The lowest BCUT2D eigenvalue weighted by atomic mass is 10.1. The van der Waals surface area contributed by atoms with Crippen molar-refractivity contribution in [3.8, 4) is 11.5 Å². The highest BCUT2D eigenvalue weighted by atomic mass is 32.2. The first kappa shape index (κ1) is 15.6. The molecule has 0 N–H and O–H groups in total. The van der Waals surface area contributed by atoms with Crippen molar-refractivity contribution in [3.63, 3.8) is 0 Å². The fraction of sp³-hybridized carbons (Fsp3) is 0.529. The molecule has 2 amide bonds. The fourth-order valence-corrected chi connectivity index (χ4v) is 4.50. The van der Waals surface area contributed by atoms with Crippen molar-refractivity contribution < 1.29 is 19.1 Å². The van der Waals surface area contributed by atoms with Gasteiger partial charge in [0, 0.05) is 13.1 Å². The standard InChI is InChI=1S/C17H20N2O4S/c20-15(18-5-1-2-6-18)10-19-16(21)11-24-17(19)12-3-4-13-14(9-12)23-8-7-22-13/h3-4,9,17H,1-2,5-8,10-11H2/t17-/m1/s1. The molecule has 0 aromatic heterocycles. The molecule has 2 saturated heterocycles. The van der Waals surface area contributed by atoms with E-state index in [4.69, 9.17) is 9.47 Å². The Morgan fingerprint density at radius 3 is 2.71 bits per heavy atom. The second-order valence-electron chi connectivity index (χ2n) is 6.18. The predicted octanol–water partition coefficient (Wildman–Crippen LogP) is 1.65. The number of rotatable bonds is 3. The lowest BCUT2D eigenvalue weighted by Gasteiger charge is -2.27. The van der Waals surface area contributed by atoms with Crippen LogP contribution < -0.4 is 9.47 Å². The summed E-state index contributed by atoms with van der Waals surface area (Å²) in [5.41, 5.74) is 0.976. The first-order valence-corrected chi connectivity index (χ1v) is 9.35. The van der Waals surface area contributed by atoms with Crippen LogP contribution in [0, 0.1) is 0 Å². The van der Waals surface area contributed by atoms with Crippen molar-refractivity contribution in [1.29, 1.82) is 0 Å². The summed E-state index contributed by atoms with van der Waals surface area (Å²) in [7, 11) is 0. The first-order chi connectivity index (χ1) is 11.7. The molecule has 3 heterocycles. The van der Waals surface area contributed by atoms with Crippen molar-refractivity contribution in [2.45, 2.75) is 18.2 Å². The summed E-state index contributed by atoms with van der Waals surface area (Å²) in [6.45, 7) is 2.86. The monoisotopic (exact) mass is 348 g/mol. The highest BCUT2D eigenvalue weighted by molar-refractivity contribution is 8.00. The molecule has 0 aliphatic carbocycles. The van der Waals surface area contributed by atoms with E-state index in [-0.39, 0.29) is 23.7 Å². The van der Waals surface area contributed by atoms with Crippen LogP contribution in [0.15, 0.2) is 18.2 Å². The maximum atomic E-state index is 12.4. The third kappa shape index (κ3) is 2.92. The SMILES string of the molecule is O=C(CN1C(=O)CS[C@@H]1c1ccc2c(c1)OCCO2)N1CCCC1. The first-order valence-electron chi connectivity index (χ1n) is 8.31. The summed E-state index contributed by atoms with van der Waals surface area (Å²) in [5, 5.41) is -0.139. The van der Waals surface area contributed by atoms with Crippen LogP contribution in [0.5, 0.6) is 11.5 Å². The lowest BCUT2D eigenvalue weighted by molar-refractivity contribution is -0.138. The minimum absolute atomic E-state index is 0.0208. The minimum Gasteiger partial charge on any atom is -0.486 e. The number of carbonyl (C=O) groups is 2. The molecule has 1 atom stereocenters. The highest BCUT2D eigenvalue weighted by Gasteiger charge is 2.36. The highest BCUT2D eigenvalue weighted by Crippen LogP contribution is 2.42. The van der Waals surface area contributed by atoms with Crippen molar-refractivity contribution in [2.24, 2.45) is 0 Å². The van der Waals surface area contributed by atoms with Gasteiger partial charge in [-0.3, -0.25) is 9.59 Å². The van der Waals surface area contributed by atoms with Gasteiger partial charge in [0.1, 0.15) is 25.1 Å². The zero-order valence-electron chi connectivity index (χ0n) is 13.4. The molecule has 3 aliphatic rings. The van der Waals surface area contributed by atoms with Gasteiger partial charge in [-0.1, -0.05) is 6.07 Å². The Morgan fingerprint density at radius 1 is 1.17 bits per heavy atom. The largest absolute Gasteiger partial charge is 0.486 e. The number of likely N-dealkylation sites (tertiary alicyclic amines) is 1. The zero-order chi connectivity index (χ0) is 16.5. The number of thioether (sulfide) groups is 1. The van der Waals surface area contributed by atoms with Crippen LogP contribution in [0.25, 0.3) is 0 Å². The van der Waals surface area contributed by atoms with Gasteiger partial charge in [-0.15, -0.1) is 11.8 Å². The summed E-state index contributed by atoms with van der Waals surface area (Å²) < 4.78 is 11.2. The van der Waals surface area contributed by atoms with Crippen molar-refractivity contribution in [1.82, 2.24) is 9.80 Å². The molecule has 128 valence electrons. The van der Waals surface area contributed by atoms with Gasteiger partial charge in [0.2, 0.25) is 11.8 Å². The topological polar surface area (TPSA) is 59.1 Å². The summed E-state index contributed by atoms with van der Waals surface area (Å²) in [6.07, 6.45) is 2.11. The molecule has 1 aromatic carbocycles. The molecule has 1 aromatic rings. The average Bonchev–Trinajstić information content (AvgIpc) is 3.25. The Labute approximate surface area is 145 Å². The van der Waals surface area contributed by atoms with Crippen LogP contribution in [-0.2, 0) is 9.59 Å². The molecule has 0 saturated carbocycles. The van der Waals surface area contributed by atoms with E-state index in [9.17, 15) is 9.59 Å². The Bertz CT molecular complexity index is 660. The molecule has 4 rings (SSSR count). The van der Waals surface area contributed by atoms with Gasteiger partial charge in [-0.05, 0) is 30.5 Å². The number of nitrogens with zero attached hydrogens (tertiary/aromatic N) is 2. The molecule has 0 unspecified atom stereocenters. The number of fused-ring (bicyclic) bond motifs is 1. The van der Waals surface area contributed by atoms with Crippen molar-refractivity contribution in [2.75, 3.05) is 38.6 Å². The number of hydrogen-bond donors (Lipinski definition) is 0. The normalized spacial score (nSPS) is 23.0. The van der Waals surface area contributed by atoms with Crippen LogP contribution in [0.3, 0.4) is 0 Å². The van der Waals surface area contributed by atoms with Gasteiger partial charge in [-0.2, -0.15) is 0 Å². The Hall–Kier alpha value is -1.89. The fourth-order valence-electron chi connectivity index (χ4n) is 3.33. The molecule has 0 bridgehead atoms. The number of benzene rings is 1. The van der Waals surface area contributed by atoms with Crippen LogP contribution in [-0.4, -0.2) is 60.2 Å². The summed E-state index contributed by atoms with van der Waals surface area (Å²) in [4.78, 5) is 28.3. The van der Waals surface area contributed by atoms with E-state index in [0.717, 1.165) is 37.2 Å². The molecular formula is C17H20N2O4S. The molecule has 0 spiro atoms. The zero-order valence-corrected chi connectivity index (χ0v) is 14.2. The number of carbonyl (C=O) groups excluding carboxylic acids is 2. The van der Waals surface area contributed by atoms with E-state index in [1.807, 2.05) is 23.1 Å². The molecule has 2 fully saturated rings. The van der Waals surface area contributed by atoms with Gasteiger partial charge in [-0.25, -0.2) is 0 Å². The minimum atomic E-state index is -0.139. The summed E-state index contributed by atoms with van der Waals surface area (Å²) in [6, 6.07) is 5.77. The Kier molecular flexibility index (Phi) is 4.26. The quantitative estimate of drug-likeness (QED) is 0.831. The molecule has 3 aliphatic heterocycles. The second-order valence-corrected chi connectivity index (χ2v) is 7.24. The van der Waals surface area contributed by atoms with E-state index in [1.54, 1.807) is 16.7 Å². The smallest absolute Gasteiger partial charge is 0.242 e. The van der Waals surface area contributed by atoms with E-state index in [1.165, 1.54) is 0 Å². The molecule has 24 heavy (non-hydrogen) atoms. The van der Waals surface area contributed by atoms with Gasteiger partial charge >= 0.3 is 0 Å². The third-order valence-electron chi connectivity index (χ3n) is 4.58. The molecular weight excluding hydrogens is 328 g/mol. The van der Waals surface area contributed by atoms with Crippen molar-refractivity contribution >= 4 is 23.6 Å².